The van der Waals surface area contributed by atoms with Crippen LogP contribution in [-0.4, -0.2) is 51.9 Å². The minimum Gasteiger partial charge on any atom is -0.345 e. The highest BCUT2D eigenvalue weighted by atomic mass is 32.1. The topological polar surface area (TPSA) is 82.2 Å². The summed E-state index contributed by atoms with van der Waals surface area (Å²) in [4.78, 5) is 40.0. The number of carbonyl (C=O) groups is 1. The van der Waals surface area contributed by atoms with Gasteiger partial charge in [-0.1, -0.05) is 0 Å². The molecule has 0 atom stereocenters. The fourth-order valence-corrected chi connectivity index (χ4v) is 3.71. The van der Waals surface area contributed by atoms with Crippen LogP contribution in [0.2, 0.25) is 0 Å². The van der Waals surface area contributed by atoms with Gasteiger partial charge in [-0.3, -0.25) is 9.59 Å². The lowest BCUT2D eigenvalue weighted by Crippen LogP contribution is -2.49. The Kier molecular flexibility index (Phi) is 4.66. The molecule has 128 valence electrons. The number of rotatable bonds is 3. The molecular weight excluding hydrogens is 326 g/mol. The van der Waals surface area contributed by atoms with Crippen molar-refractivity contribution in [2.24, 2.45) is 0 Å². The van der Waals surface area contributed by atoms with Crippen molar-refractivity contribution in [3.63, 3.8) is 0 Å². The van der Waals surface area contributed by atoms with Crippen molar-refractivity contribution in [1.29, 1.82) is 0 Å². The van der Waals surface area contributed by atoms with Crippen LogP contribution < -0.4 is 10.5 Å². The molecule has 0 spiro atoms. The molecule has 0 aliphatic carbocycles. The Bertz CT molecular complexity index is 805. The minimum absolute atomic E-state index is 0.0239. The van der Waals surface area contributed by atoms with Gasteiger partial charge in [0.05, 0.1) is 12.1 Å². The normalized spacial score (nSPS) is 15.0. The van der Waals surface area contributed by atoms with Gasteiger partial charge < -0.3 is 14.8 Å². The van der Waals surface area contributed by atoms with E-state index in [0.29, 0.717) is 30.2 Å². The van der Waals surface area contributed by atoms with Gasteiger partial charge in [0.25, 0.3) is 5.56 Å². The number of hydrogen-bond acceptors (Lipinski definition) is 6. The Morgan fingerprint density at radius 3 is 2.50 bits per heavy atom. The maximum atomic E-state index is 12.5. The van der Waals surface area contributed by atoms with Crippen LogP contribution in [0.4, 0.5) is 5.13 Å². The molecule has 0 unspecified atom stereocenters. The Balaban J connectivity index is 1.63. The highest BCUT2D eigenvalue weighted by molar-refractivity contribution is 7.13. The summed E-state index contributed by atoms with van der Waals surface area (Å²) in [5.74, 6) is 0.547. The number of carbonyl (C=O) groups excluding carboxylic acids is 1. The lowest BCUT2D eigenvalue weighted by atomic mass is 10.1. The number of nitrogens with one attached hydrogen (secondary N) is 1. The van der Waals surface area contributed by atoms with Gasteiger partial charge in [-0.25, -0.2) is 9.97 Å². The SMILES string of the molecule is Cc1csc(N2CCN(C(=O)Cc3c(C)nc(C)[nH]c3=O)CC2)n1. The molecule has 8 heteroatoms. The Hall–Kier alpha value is -2.22. The van der Waals surface area contributed by atoms with E-state index < -0.39 is 0 Å². The van der Waals surface area contributed by atoms with Crippen LogP contribution in [0.5, 0.6) is 0 Å². The average molecular weight is 347 g/mol. The molecule has 0 saturated carbocycles. The molecule has 0 aromatic carbocycles. The van der Waals surface area contributed by atoms with E-state index in [2.05, 4.69) is 19.9 Å². The van der Waals surface area contributed by atoms with E-state index in [0.717, 1.165) is 23.9 Å². The molecule has 1 saturated heterocycles. The first-order valence-corrected chi connectivity index (χ1v) is 8.83. The molecule has 1 aliphatic rings. The molecule has 2 aromatic heterocycles. The first kappa shape index (κ1) is 16.6. The number of anilines is 1. The van der Waals surface area contributed by atoms with E-state index in [9.17, 15) is 9.59 Å². The molecule has 3 rings (SSSR count). The van der Waals surface area contributed by atoms with Gasteiger partial charge in [-0.05, 0) is 20.8 Å². The van der Waals surface area contributed by atoms with Gasteiger partial charge in [0.2, 0.25) is 5.91 Å². The molecule has 2 aromatic rings. The summed E-state index contributed by atoms with van der Waals surface area (Å²) in [6.45, 7) is 8.31. The zero-order valence-corrected chi connectivity index (χ0v) is 14.9. The van der Waals surface area contributed by atoms with Crippen molar-refractivity contribution in [2.75, 3.05) is 31.1 Å². The highest BCUT2D eigenvalue weighted by Crippen LogP contribution is 2.21. The standard InChI is InChI=1S/C16H21N5O2S/c1-10-9-24-16(17-10)21-6-4-20(5-7-21)14(22)8-13-11(2)18-12(3)19-15(13)23/h9H,4-8H2,1-3H3,(H,18,19,23). The largest absolute Gasteiger partial charge is 0.345 e. The summed E-state index contributed by atoms with van der Waals surface area (Å²) in [6, 6.07) is 0. The quantitative estimate of drug-likeness (QED) is 0.897. The van der Waals surface area contributed by atoms with Crippen LogP contribution in [0.25, 0.3) is 0 Å². The number of piperazine rings is 1. The van der Waals surface area contributed by atoms with Crippen LogP contribution in [0, 0.1) is 20.8 Å². The molecule has 1 N–H and O–H groups in total. The third-order valence-electron chi connectivity index (χ3n) is 4.18. The van der Waals surface area contributed by atoms with E-state index in [1.54, 1.807) is 25.2 Å². The van der Waals surface area contributed by atoms with Crippen molar-refractivity contribution in [3.8, 4) is 0 Å². The predicted octanol–water partition coefficient (Wildman–Crippen LogP) is 1.04. The average Bonchev–Trinajstić information content (AvgIpc) is 2.97. The number of amides is 1. The molecule has 24 heavy (non-hydrogen) atoms. The summed E-state index contributed by atoms with van der Waals surface area (Å²) in [5.41, 5.74) is 1.89. The van der Waals surface area contributed by atoms with E-state index in [1.165, 1.54) is 0 Å². The first-order valence-electron chi connectivity index (χ1n) is 7.95. The van der Waals surface area contributed by atoms with Crippen LogP contribution in [-0.2, 0) is 11.2 Å². The molecule has 0 radical (unpaired) electrons. The molecule has 0 bridgehead atoms. The third kappa shape index (κ3) is 3.48. The number of hydrogen-bond donors (Lipinski definition) is 1. The van der Waals surface area contributed by atoms with E-state index in [-0.39, 0.29) is 17.9 Å². The number of aromatic amines is 1. The second kappa shape index (κ2) is 6.72. The molecule has 1 aliphatic heterocycles. The van der Waals surface area contributed by atoms with Crippen LogP contribution in [0.3, 0.4) is 0 Å². The molecule has 1 fully saturated rings. The number of nitrogens with zero attached hydrogens (tertiary/aromatic N) is 4. The van der Waals surface area contributed by atoms with E-state index >= 15 is 0 Å². The lowest BCUT2D eigenvalue weighted by Gasteiger charge is -2.34. The zero-order valence-electron chi connectivity index (χ0n) is 14.1. The van der Waals surface area contributed by atoms with Gasteiger partial charge >= 0.3 is 0 Å². The Morgan fingerprint density at radius 2 is 1.92 bits per heavy atom. The highest BCUT2D eigenvalue weighted by Gasteiger charge is 2.24. The zero-order chi connectivity index (χ0) is 17.3. The maximum Gasteiger partial charge on any atom is 0.254 e. The Labute approximate surface area is 144 Å². The summed E-state index contributed by atoms with van der Waals surface area (Å²) in [7, 11) is 0. The number of H-pyrrole nitrogens is 1. The summed E-state index contributed by atoms with van der Waals surface area (Å²) in [5, 5.41) is 3.04. The summed E-state index contributed by atoms with van der Waals surface area (Å²) in [6.07, 6.45) is 0.102. The van der Waals surface area contributed by atoms with Crippen LogP contribution in [0.15, 0.2) is 10.2 Å². The Morgan fingerprint density at radius 1 is 1.21 bits per heavy atom. The van der Waals surface area contributed by atoms with Gasteiger partial charge in [0, 0.05) is 42.8 Å². The van der Waals surface area contributed by atoms with Crippen LogP contribution >= 0.6 is 11.3 Å². The van der Waals surface area contributed by atoms with Gasteiger partial charge in [0.1, 0.15) is 5.82 Å². The molecule has 3 heterocycles. The van der Waals surface area contributed by atoms with Gasteiger partial charge in [-0.15, -0.1) is 11.3 Å². The summed E-state index contributed by atoms with van der Waals surface area (Å²) >= 11 is 1.63. The van der Waals surface area contributed by atoms with Crippen molar-refractivity contribution in [3.05, 3.63) is 38.5 Å². The predicted molar refractivity (Wildman–Crippen MR) is 93.7 cm³/mol. The number of thiazole rings is 1. The van der Waals surface area contributed by atoms with Gasteiger partial charge in [-0.2, -0.15) is 0 Å². The van der Waals surface area contributed by atoms with Gasteiger partial charge in [0.15, 0.2) is 5.13 Å². The lowest BCUT2D eigenvalue weighted by molar-refractivity contribution is -0.130. The second-order valence-electron chi connectivity index (χ2n) is 6.03. The molecule has 7 nitrogen and oxygen atoms in total. The number of aryl methyl sites for hydroxylation is 3. The van der Waals surface area contributed by atoms with E-state index in [4.69, 9.17) is 0 Å². The van der Waals surface area contributed by atoms with Crippen molar-refractivity contribution in [1.82, 2.24) is 19.9 Å². The molecular formula is C16H21N5O2S. The first-order chi connectivity index (χ1) is 11.4. The summed E-state index contributed by atoms with van der Waals surface area (Å²) < 4.78 is 0. The van der Waals surface area contributed by atoms with Crippen molar-refractivity contribution >= 4 is 22.4 Å². The fraction of sp³-hybridized carbons (Fsp3) is 0.500. The smallest absolute Gasteiger partial charge is 0.254 e. The van der Waals surface area contributed by atoms with Crippen molar-refractivity contribution in [2.45, 2.75) is 27.2 Å². The van der Waals surface area contributed by atoms with Crippen LogP contribution in [0.1, 0.15) is 22.8 Å². The maximum absolute atomic E-state index is 12.5. The minimum atomic E-state index is -0.217. The van der Waals surface area contributed by atoms with E-state index in [1.807, 2.05) is 17.2 Å². The fourth-order valence-electron chi connectivity index (χ4n) is 2.86. The molecule has 1 amide bonds. The monoisotopic (exact) mass is 347 g/mol. The number of aromatic nitrogens is 3. The second-order valence-corrected chi connectivity index (χ2v) is 6.87. The third-order valence-corrected chi connectivity index (χ3v) is 5.20. The van der Waals surface area contributed by atoms with Crippen molar-refractivity contribution < 1.29 is 4.79 Å².